The molecular weight excluding hydrogens is 210 g/mol. The predicted octanol–water partition coefficient (Wildman–Crippen LogP) is 1.54. The molecule has 1 aliphatic heterocycles. The first-order chi connectivity index (χ1) is 8.15. The molecule has 1 heterocycles. The summed E-state index contributed by atoms with van der Waals surface area (Å²) in [6.45, 7) is 6.03. The Kier molecular flexibility index (Phi) is 4.83. The summed E-state index contributed by atoms with van der Waals surface area (Å²) in [7, 11) is 4.36. The maximum Gasteiger partial charge on any atom is 0.0324 e. The van der Waals surface area contributed by atoms with E-state index in [4.69, 9.17) is 0 Å². The highest BCUT2D eigenvalue weighted by Gasteiger charge is 2.28. The Morgan fingerprint density at radius 3 is 2.53 bits per heavy atom. The van der Waals surface area contributed by atoms with Gasteiger partial charge < -0.3 is 10.2 Å². The number of nitrogens with one attached hydrogen (secondary N) is 1. The van der Waals surface area contributed by atoms with Crippen LogP contribution in [-0.4, -0.2) is 61.7 Å². The van der Waals surface area contributed by atoms with Crippen LogP contribution in [-0.2, 0) is 0 Å². The summed E-state index contributed by atoms with van der Waals surface area (Å²) >= 11 is 0. The van der Waals surface area contributed by atoms with Crippen molar-refractivity contribution < 1.29 is 0 Å². The Labute approximate surface area is 107 Å². The molecule has 0 spiro atoms. The van der Waals surface area contributed by atoms with Crippen LogP contribution in [0.1, 0.15) is 39.0 Å². The lowest BCUT2D eigenvalue weighted by atomic mass is 10.1. The predicted molar refractivity (Wildman–Crippen MR) is 73.4 cm³/mol. The molecule has 17 heavy (non-hydrogen) atoms. The number of hydrogen-bond acceptors (Lipinski definition) is 3. The molecule has 0 radical (unpaired) electrons. The zero-order valence-electron chi connectivity index (χ0n) is 11.8. The van der Waals surface area contributed by atoms with Crippen LogP contribution < -0.4 is 5.32 Å². The third-order valence-electron chi connectivity index (χ3n) is 4.25. The molecule has 2 atom stereocenters. The van der Waals surface area contributed by atoms with Crippen LogP contribution in [0.3, 0.4) is 0 Å². The van der Waals surface area contributed by atoms with E-state index in [0.29, 0.717) is 12.1 Å². The average molecular weight is 239 g/mol. The Morgan fingerprint density at radius 2 is 1.88 bits per heavy atom. The molecule has 1 saturated carbocycles. The minimum atomic E-state index is 0.642. The SMILES string of the molecule is CC1CCN(C2CCCC2)CC(CN(C)C)N1. The summed E-state index contributed by atoms with van der Waals surface area (Å²) in [4.78, 5) is 5.07. The lowest BCUT2D eigenvalue weighted by Gasteiger charge is -2.31. The Balaban J connectivity index is 1.92. The van der Waals surface area contributed by atoms with E-state index < -0.39 is 0 Å². The zero-order valence-corrected chi connectivity index (χ0v) is 11.8. The second kappa shape index (κ2) is 6.17. The Bertz CT molecular complexity index is 224. The van der Waals surface area contributed by atoms with Gasteiger partial charge in [0.05, 0.1) is 0 Å². The number of likely N-dealkylation sites (N-methyl/N-ethyl adjacent to an activating group) is 1. The topological polar surface area (TPSA) is 18.5 Å². The van der Waals surface area contributed by atoms with E-state index >= 15 is 0 Å². The van der Waals surface area contributed by atoms with Gasteiger partial charge in [-0.05, 0) is 46.8 Å². The highest BCUT2D eigenvalue weighted by molar-refractivity contribution is 4.87. The van der Waals surface area contributed by atoms with E-state index in [9.17, 15) is 0 Å². The van der Waals surface area contributed by atoms with Crippen LogP contribution in [0.5, 0.6) is 0 Å². The molecule has 100 valence electrons. The third kappa shape index (κ3) is 3.94. The second-order valence-corrected chi connectivity index (χ2v) is 6.25. The third-order valence-corrected chi connectivity index (χ3v) is 4.25. The number of nitrogens with zero attached hydrogens (tertiary/aromatic N) is 2. The standard InChI is InChI=1S/C14H29N3/c1-12-8-9-17(14-6-4-5-7-14)11-13(15-12)10-16(2)3/h12-15H,4-11H2,1-3H3. The fraction of sp³-hybridized carbons (Fsp3) is 1.00. The fourth-order valence-corrected chi connectivity index (χ4v) is 3.42. The first-order valence-corrected chi connectivity index (χ1v) is 7.30. The van der Waals surface area contributed by atoms with Crippen molar-refractivity contribution in [2.75, 3.05) is 33.7 Å². The number of hydrogen-bond donors (Lipinski definition) is 1. The van der Waals surface area contributed by atoms with Crippen LogP contribution >= 0.6 is 0 Å². The molecule has 0 aromatic carbocycles. The quantitative estimate of drug-likeness (QED) is 0.806. The van der Waals surface area contributed by atoms with Crippen molar-refractivity contribution in [3.05, 3.63) is 0 Å². The molecule has 0 bridgehead atoms. The number of rotatable bonds is 3. The molecule has 0 aromatic heterocycles. The first-order valence-electron chi connectivity index (χ1n) is 7.30. The molecule has 2 unspecified atom stereocenters. The zero-order chi connectivity index (χ0) is 12.3. The van der Waals surface area contributed by atoms with Gasteiger partial charge >= 0.3 is 0 Å². The van der Waals surface area contributed by atoms with Crippen LogP contribution in [0.4, 0.5) is 0 Å². The van der Waals surface area contributed by atoms with Gasteiger partial charge in [-0.25, -0.2) is 0 Å². The van der Waals surface area contributed by atoms with Crippen molar-refractivity contribution in [2.45, 2.75) is 57.2 Å². The van der Waals surface area contributed by atoms with Crippen molar-refractivity contribution in [2.24, 2.45) is 0 Å². The van der Waals surface area contributed by atoms with Gasteiger partial charge in [0, 0.05) is 31.2 Å². The molecule has 0 aromatic rings. The van der Waals surface area contributed by atoms with E-state index in [0.717, 1.165) is 12.6 Å². The van der Waals surface area contributed by atoms with Gasteiger partial charge in [0.25, 0.3) is 0 Å². The molecule has 2 aliphatic rings. The van der Waals surface area contributed by atoms with E-state index in [1.54, 1.807) is 0 Å². The summed E-state index contributed by atoms with van der Waals surface area (Å²) in [6.07, 6.45) is 7.07. The lowest BCUT2D eigenvalue weighted by Crippen LogP contribution is -2.47. The van der Waals surface area contributed by atoms with Crippen LogP contribution in [0.15, 0.2) is 0 Å². The first kappa shape index (κ1) is 13.3. The smallest absolute Gasteiger partial charge is 0.0324 e. The normalized spacial score (nSPS) is 33.2. The lowest BCUT2D eigenvalue weighted by molar-refractivity contribution is 0.184. The van der Waals surface area contributed by atoms with Gasteiger partial charge in [-0.3, -0.25) is 4.90 Å². The highest BCUT2D eigenvalue weighted by atomic mass is 15.2. The molecule has 1 saturated heterocycles. The van der Waals surface area contributed by atoms with Crippen LogP contribution in [0, 0.1) is 0 Å². The van der Waals surface area contributed by atoms with Gasteiger partial charge in [0.15, 0.2) is 0 Å². The summed E-state index contributed by atoms with van der Waals surface area (Å²) in [5.74, 6) is 0. The molecule has 0 amide bonds. The van der Waals surface area contributed by atoms with Crippen LogP contribution in [0.2, 0.25) is 0 Å². The van der Waals surface area contributed by atoms with Gasteiger partial charge in [0.2, 0.25) is 0 Å². The van der Waals surface area contributed by atoms with Gasteiger partial charge in [-0.1, -0.05) is 12.8 Å². The summed E-state index contributed by atoms with van der Waals surface area (Å²) in [6, 6.07) is 2.20. The minimum absolute atomic E-state index is 0.642. The van der Waals surface area contributed by atoms with Crippen molar-refractivity contribution in [3.63, 3.8) is 0 Å². The molecule has 3 nitrogen and oxygen atoms in total. The molecule has 2 fully saturated rings. The Morgan fingerprint density at radius 1 is 1.18 bits per heavy atom. The summed E-state index contributed by atoms with van der Waals surface area (Å²) in [5.41, 5.74) is 0. The van der Waals surface area contributed by atoms with Gasteiger partial charge in [0.1, 0.15) is 0 Å². The average Bonchev–Trinajstić information content (AvgIpc) is 2.70. The van der Waals surface area contributed by atoms with E-state index in [1.165, 1.54) is 45.2 Å². The largest absolute Gasteiger partial charge is 0.309 e. The van der Waals surface area contributed by atoms with Crippen molar-refractivity contribution in [1.82, 2.24) is 15.1 Å². The van der Waals surface area contributed by atoms with Gasteiger partial charge in [-0.15, -0.1) is 0 Å². The maximum atomic E-state index is 3.78. The van der Waals surface area contributed by atoms with E-state index in [2.05, 4.69) is 36.1 Å². The monoisotopic (exact) mass is 239 g/mol. The van der Waals surface area contributed by atoms with Crippen LogP contribution in [0.25, 0.3) is 0 Å². The minimum Gasteiger partial charge on any atom is -0.309 e. The Hall–Kier alpha value is -0.120. The summed E-state index contributed by atoms with van der Waals surface area (Å²) < 4.78 is 0. The van der Waals surface area contributed by atoms with Crippen molar-refractivity contribution >= 4 is 0 Å². The van der Waals surface area contributed by atoms with E-state index in [1.807, 2.05) is 0 Å². The molecular formula is C14H29N3. The molecule has 3 heteroatoms. The van der Waals surface area contributed by atoms with Crippen molar-refractivity contribution in [3.8, 4) is 0 Å². The van der Waals surface area contributed by atoms with Gasteiger partial charge in [-0.2, -0.15) is 0 Å². The fourth-order valence-electron chi connectivity index (χ4n) is 3.42. The summed E-state index contributed by atoms with van der Waals surface area (Å²) in [5, 5.41) is 3.78. The highest BCUT2D eigenvalue weighted by Crippen LogP contribution is 2.24. The van der Waals surface area contributed by atoms with E-state index in [-0.39, 0.29) is 0 Å². The second-order valence-electron chi connectivity index (χ2n) is 6.25. The molecule has 2 rings (SSSR count). The molecule has 1 aliphatic carbocycles. The maximum absolute atomic E-state index is 3.78. The molecule has 1 N–H and O–H groups in total. The van der Waals surface area contributed by atoms with Crippen molar-refractivity contribution in [1.29, 1.82) is 0 Å².